The van der Waals surface area contributed by atoms with E-state index in [9.17, 15) is 19.8 Å². The number of ether oxygens (including phenoxy) is 2. The summed E-state index contributed by atoms with van der Waals surface area (Å²) in [7, 11) is 0. The number of anilines is 1. The second-order valence-corrected chi connectivity index (χ2v) is 8.40. The second-order valence-electron chi connectivity index (χ2n) is 8.40. The Labute approximate surface area is 188 Å². The van der Waals surface area contributed by atoms with E-state index in [-0.39, 0.29) is 19.1 Å². The maximum absolute atomic E-state index is 13.0. The number of hydrogen-bond acceptors (Lipinski definition) is 5. The van der Waals surface area contributed by atoms with Gasteiger partial charge in [0.1, 0.15) is 17.7 Å². The van der Waals surface area contributed by atoms with Crippen molar-refractivity contribution in [3.8, 4) is 11.5 Å². The lowest BCUT2D eigenvalue weighted by Gasteiger charge is -2.25. The highest BCUT2D eigenvalue weighted by atomic mass is 16.5. The third kappa shape index (κ3) is 4.80. The van der Waals surface area contributed by atoms with Gasteiger partial charge in [-0.15, -0.1) is 0 Å². The van der Waals surface area contributed by atoms with E-state index in [0.717, 1.165) is 22.4 Å². The van der Waals surface area contributed by atoms with Gasteiger partial charge in [-0.3, -0.25) is 9.80 Å². The number of hydrogen-bond donors (Lipinski definition) is 2. The Balaban J connectivity index is 1.77. The Bertz CT molecular complexity index is 979. The third-order valence-corrected chi connectivity index (χ3v) is 5.39. The Hall–Kier alpha value is -3.26. The first kappa shape index (κ1) is 23.4. The van der Waals surface area contributed by atoms with Crippen LogP contribution in [0.3, 0.4) is 0 Å². The topological polar surface area (TPSA) is 99.5 Å². The predicted octanol–water partition coefficient (Wildman–Crippen LogP) is 3.70. The number of nitrogens with zero attached hydrogens (tertiary/aromatic N) is 2. The molecule has 0 aliphatic carbocycles. The number of β-amino-alcohol motifs (C(OH)–C–C–N with tert-alkyl or cyclic N) is 1. The molecule has 0 saturated carbocycles. The van der Waals surface area contributed by atoms with E-state index in [2.05, 4.69) is 0 Å². The molecular formula is C24H30N2O6. The summed E-state index contributed by atoms with van der Waals surface area (Å²) in [6.45, 7) is 9.51. The van der Waals surface area contributed by atoms with Crippen molar-refractivity contribution in [2.24, 2.45) is 0 Å². The van der Waals surface area contributed by atoms with E-state index in [4.69, 9.17) is 9.47 Å². The van der Waals surface area contributed by atoms with Gasteiger partial charge in [-0.25, -0.2) is 9.59 Å². The molecule has 0 spiro atoms. The van der Waals surface area contributed by atoms with Crippen LogP contribution < -0.4 is 14.4 Å². The molecule has 1 fully saturated rings. The Morgan fingerprint density at radius 1 is 1.16 bits per heavy atom. The molecule has 1 heterocycles. The maximum atomic E-state index is 13.0. The number of aliphatic hydroxyl groups is 1. The second kappa shape index (κ2) is 9.08. The molecule has 8 nitrogen and oxygen atoms in total. The Kier molecular flexibility index (Phi) is 6.64. The summed E-state index contributed by atoms with van der Waals surface area (Å²) in [6.07, 6.45) is -0.948. The number of benzene rings is 2. The fourth-order valence-corrected chi connectivity index (χ4v) is 3.69. The molecule has 0 bridgehead atoms. The zero-order chi connectivity index (χ0) is 23.6. The van der Waals surface area contributed by atoms with Crippen LogP contribution in [-0.2, 0) is 11.3 Å². The molecular weight excluding hydrogens is 412 g/mol. The molecule has 8 heteroatoms. The van der Waals surface area contributed by atoms with Crippen molar-refractivity contribution in [2.75, 3.05) is 18.1 Å². The summed E-state index contributed by atoms with van der Waals surface area (Å²) in [5, 5.41) is 19.9. The van der Waals surface area contributed by atoms with Gasteiger partial charge >= 0.3 is 12.0 Å². The summed E-state index contributed by atoms with van der Waals surface area (Å²) in [6, 6.07) is 10.6. The molecule has 2 amide bonds. The molecule has 0 aromatic heterocycles. The van der Waals surface area contributed by atoms with Crippen molar-refractivity contribution in [1.82, 2.24) is 4.90 Å². The largest absolute Gasteiger partial charge is 0.494 e. The van der Waals surface area contributed by atoms with Crippen LogP contribution >= 0.6 is 0 Å². The average molecular weight is 443 g/mol. The highest BCUT2D eigenvalue weighted by Gasteiger charge is 2.37. The van der Waals surface area contributed by atoms with Gasteiger partial charge in [0.25, 0.3) is 0 Å². The summed E-state index contributed by atoms with van der Waals surface area (Å²) in [4.78, 5) is 27.4. The molecule has 1 saturated heterocycles. The molecule has 0 radical (unpaired) electrons. The van der Waals surface area contributed by atoms with Crippen LogP contribution in [0.4, 0.5) is 10.5 Å². The zero-order valence-corrected chi connectivity index (χ0v) is 19.1. The van der Waals surface area contributed by atoms with Crippen LogP contribution in [0.25, 0.3) is 0 Å². The van der Waals surface area contributed by atoms with Crippen LogP contribution in [0.5, 0.6) is 11.5 Å². The van der Waals surface area contributed by atoms with Gasteiger partial charge in [-0.05, 0) is 75.6 Å². The smallest absolute Gasteiger partial charge is 0.347 e. The van der Waals surface area contributed by atoms with Crippen molar-refractivity contribution in [2.45, 2.75) is 53.0 Å². The minimum atomic E-state index is -1.36. The van der Waals surface area contributed by atoms with Crippen LogP contribution in [-0.4, -0.2) is 52.1 Å². The van der Waals surface area contributed by atoms with Gasteiger partial charge in [0.05, 0.1) is 19.7 Å². The molecule has 172 valence electrons. The number of aliphatic carboxylic acids is 1. The summed E-state index contributed by atoms with van der Waals surface area (Å²) in [5.41, 5.74) is 1.67. The number of urea groups is 1. The van der Waals surface area contributed by atoms with Gasteiger partial charge in [0, 0.05) is 5.69 Å². The molecule has 1 aliphatic rings. The van der Waals surface area contributed by atoms with Crippen LogP contribution in [0.15, 0.2) is 36.4 Å². The highest BCUT2D eigenvalue weighted by Crippen LogP contribution is 2.31. The predicted molar refractivity (Wildman–Crippen MR) is 120 cm³/mol. The molecule has 1 aliphatic heterocycles. The van der Waals surface area contributed by atoms with E-state index in [1.54, 1.807) is 24.3 Å². The standard InChI is InChI=1S/C24H30N2O6/c1-6-31-19-9-7-18(8-10-19)25-14-20(27)26(23(25)30)13-17-11-15(2)21(16(3)12-17)32-24(4,5)22(28)29/h7-12,20,27H,6,13-14H2,1-5H3,(H,28,29). The Morgan fingerprint density at radius 2 is 1.75 bits per heavy atom. The summed E-state index contributed by atoms with van der Waals surface area (Å²) in [5.74, 6) is 0.172. The number of carboxylic acid groups (broad SMARTS) is 1. The number of carbonyl (C=O) groups is 2. The number of carboxylic acids is 1. The highest BCUT2D eigenvalue weighted by molar-refractivity contribution is 5.94. The molecule has 1 unspecified atom stereocenters. The van der Waals surface area contributed by atoms with E-state index >= 15 is 0 Å². The average Bonchev–Trinajstić information content (AvgIpc) is 3.00. The lowest BCUT2D eigenvalue weighted by molar-refractivity contribution is -0.152. The normalized spacial score (nSPS) is 16.4. The summed E-state index contributed by atoms with van der Waals surface area (Å²) >= 11 is 0. The SMILES string of the molecule is CCOc1ccc(N2CC(O)N(Cc3cc(C)c(OC(C)(C)C(=O)O)c(C)c3)C2=O)cc1. The van der Waals surface area contributed by atoms with Gasteiger partial charge in [-0.1, -0.05) is 12.1 Å². The monoisotopic (exact) mass is 442 g/mol. The van der Waals surface area contributed by atoms with E-state index in [0.29, 0.717) is 18.0 Å². The minimum Gasteiger partial charge on any atom is -0.494 e. The van der Waals surface area contributed by atoms with Crippen LogP contribution in [0.2, 0.25) is 0 Å². The van der Waals surface area contributed by atoms with Gasteiger partial charge in [-0.2, -0.15) is 0 Å². The Morgan fingerprint density at radius 3 is 2.28 bits per heavy atom. The maximum Gasteiger partial charge on any atom is 0.347 e. The fraction of sp³-hybridized carbons (Fsp3) is 0.417. The number of amides is 2. The van der Waals surface area contributed by atoms with Crippen molar-refractivity contribution in [3.63, 3.8) is 0 Å². The van der Waals surface area contributed by atoms with Crippen molar-refractivity contribution >= 4 is 17.7 Å². The van der Waals surface area contributed by atoms with E-state index in [1.165, 1.54) is 23.6 Å². The minimum absolute atomic E-state index is 0.165. The van der Waals surface area contributed by atoms with Gasteiger partial charge in [0.2, 0.25) is 0 Å². The number of carbonyl (C=O) groups excluding carboxylic acids is 1. The number of aliphatic hydroxyl groups excluding tert-OH is 1. The quantitative estimate of drug-likeness (QED) is 0.647. The first-order chi connectivity index (χ1) is 15.0. The zero-order valence-electron chi connectivity index (χ0n) is 19.1. The van der Waals surface area contributed by atoms with Crippen molar-refractivity contribution in [3.05, 3.63) is 53.1 Å². The first-order valence-electron chi connectivity index (χ1n) is 10.5. The number of rotatable bonds is 8. The first-order valence-corrected chi connectivity index (χ1v) is 10.5. The lowest BCUT2D eigenvalue weighted by Crippen LogP contribution is -2.38. The molecule has 2 N–H and O–H groups in total. The third-order valence-electron chi connectivity index (χ3n) is 5.39. The fourth-order valence-electron chi connectivity index (χ4n) is 3.69. The van der Waals surface area contributed by atoms with Crippen molar-refractivity contribution < 1.29 is 29.3 Å². The van der Waals surface area contributed by atoms with Crippen molar-refractivity contribution in [1.29, 1.82) is 0 Å². The summed E-state index contributed by atoms with van der Waals surface area (Å²) < 4.78 is 11.2. The molecule has 2 aromatic carbocycles. The van der Waals surface area contributed by atoms with E-state index < -0.39 is 17.8 Å². The van der Waals surface area contributed by atoms with E-state index in [1.807, 2.05) is 32.9 Å². The van der Waals surface area contributed by atoms with Gasteiger partial charge in [0.15, 0.2) is 5.60 Å². The molecule has 2 aromatic rings. The molecule has 32 heavy (non-hydrogen) atoms. The lowest BCUT2D eigenvalue weighted by atomic mass is 10.0. The van der Waals surface area contributed by atoms with Crippen LogP contribution in [0, 0.1) is 13.8 Å². The number of aryl methyl sites for hydroxylation is 2. The van der Waals surface area contributed by atoms with Gasteiger partial charge < -0.3 is 19.7 Å². The molecule has 1 atom stereocenters. The van der Waals surface area contributed by atoms with Crippen LogP contribution in [0.1, 0.15) is 37.5 Å². The molecule has 3 rings (SSSR count).